The summed E-state index contributed by atoms with van der Waals surface area (Å²) in [6.07, 6.45) is 1.58. The van der Waals surface area contributed by atoms with Crippen LogP contribution in [-0.4, -0.2) is 15.0 Å². The molecule has 0 spiro atoms. The molecule has 1 unspecified atom stereocenters. The quantitative estimate of drug-likeness (QED) is 0.358. The van der Waals surface area contributed by atoms with Crippen molar-refractivity contribution in [1.29, 1.82) is 0 Å². The van der Waals surface area contributed by atoms with Crippen LogP contribution in [0.15, 0.2) is 60.8 Å². The molecule has 0 bridgehead atoms. The van der Waals surface area contributed by atoms with Gasteiger partial charge >= 0.3 is 0 Å². The average molecular weight is 430 g/mol. The topological polar surface area (TPSA) is 84.9 Å². The number of rotatable bonds is 4. The van der Waals surface area contributed by atoms with Crippen molar-refractivity contribution >= 4 is 56.0 Å². The van der Waals surface area contributed by atoms with Crippen LogP contribution in [0.2, 0.25) is 5.02 Å². The number of nitrogens with zero attached hydrogens (tertiary/aromatic N) is 2. The molecule has 0 radical (unpaired) electrons. The number of thiophene rings is 1. The summed E-state index contributed by atoms with van der Waals surface area (Å²) in [5, 5.41) is 3.37. The number of fused-ring (bicyclic) bond motifs is 2. The molecule has 1 atom stereocenters. The number of furan rings is 1. The molecule has 5 aromatic rings. The molecule has 9 heteroatoms. The summed E-state index contributed by atoms with van der Waals surface area (Å²) in [6, 6.07) is 8.91. The molecule has 0 fully saturated rings. The van der Waals surface area contributed by atoms with E-state index in [9.17, 15) is 4.79 Å². The highest BCUT2D eigenvalue weighted by molar-refractivity contribution is 7.99. The van der Waals surface area contributed by atoms with Crippen molar-refractivity contribution in [2.75, 3.05) is 0 Å². The van der Waals surface area contributed by atoms with Crippen LogP contribution >= 0.6 is 34.7 Å². The SMILES string of the molecule is CC(Sc1nc2cc(Cl)ccc2o1)c1nc2scc(-c3ccco3)c2c(=O)[nH]1. The van der Waals surface area contributed by atoms with Crippen molar-refractivity contribution in [2.24, 2.45) is 0 Å². The summed E-state index contributed by atoms with van der Waals surface area (Å²) >= 11 is 8.80. The minimum Gasteiger partial charge on any atom is -0.464 e. The molecule has 1 aromatic carbocycles. The second-order valence-electron chi connectivity index (χ2n) is 6.11. The Kier molecular flexibility index (Phi) is 4.26. The number of hydrogen-bond acceptors (Lipinski definition) is 7. The predicted molar refractivity (Wildman–Crippen MR) is 111 cm³/mol. The largest absolute Gasteiger partial charge is 0.464 e. The molecule has 28 heavy (non-hydrogen) atoms. The van der Waals surface area contributed by atoms with Crippen molar-refractivity contribution in [3.8, 4) is 11.3 Å². The van der Waals surface area contributed by atoms with E-state index in [1.807, 2.05) is 18.4 Å². The van der Waals surface area contributed by atoms with Gasteiger partial charge in [0.2, 0.25) is 0 Å². The lowest BCUT2D eigenvalue weighted by Crippen LogP contribution is -2.12. The minimum absolute atomic E-state index is 0.158. The molecule has 0 saturated heterocycles. The van der Waals surface area contributed by atoms with Gasteiger partial charge in [-0.3, -0.25) is 4.79 Å². The Labute approximate surface area is 171 Å². The number of thioether (sulfide) groups is 1. The third-order valence-corrected chi connectivity index (χ3v) is 6.30. The molecule has 6 nitrogen and oxygen atoms in total. The lowest BCUT2D eigenvalue weighted by atomic mass is 10.2. The van der Waals surface area contributed by atoms with Crippen LogP contribution in [0.5, 0.6) is 0 Å². The Morgan fingerprint density at radius 1 is 1.29 bits per heavy atom. The van der Waals surface area contributed by atoms with Gasteiger partial charge in [-0.2, -0.15) is 0 Å². The van der Waals surface area contributed by atoms with Crippen LogP contribution in [0.25, 0.3) is 32.6 Å². The molecule has 0 saturated carbocycles. The summed E-state index contributed by atoms with van der Waals surface area (Å²) in [7, 11) is 0. The second-order valence-corrected chi connectivity index (χ2v) is 8.70. The summed E-state index contributed by atoms with van der Waals surface area (Å²) < 4.78 is 11.2. The van der Waals surface area contributed by atoms with Crippen molar-refractivity contribution in [3.05, 3.63) is 63.2 Å². The number of oxazole rings is 1. The average Bonchev–Trinajstić information content (AvgIpc) is 3.39. The van der Waals surface area contributed by atoms with E-state index in [4.69, 9.17) is 20.4 Å². The summed E-state index contributed by atoms with van der Waals surface area (Å²) in [5.74, 6) is 1.22. The van der Waals surface area contributed by atoms with Gasteiger partial charge in [-0.15, -0.1) is 11.3 Å². The van der Waals surface area contributed by atoms with Crippen molar-refractivity contribution in [3.63, 3.8) is 0 Å². The smallest absolute Gasteiger partial charge is 0.260 e. The van der Waals surface area contributed by atoms with Gasteiger partial charge in [-0.05, 0) is 37.3 Å². The van der Waals surface area contributed by atoms with Gasteiger partial charge in [0, 0.05) is 16.0 Å². The lowest BCUT2D eigenvalue weighted by Gasteiger charge is -2.07. The van der Waals surface area contributed by atoms with Gasteiger partial charge in [-0.1, -0.05) is 23.4 Å². The third kappa shape index (κ3) is 3.03. The van der Waals surface area contributed by atoms with Gasteiger partial charge in [0.05, 0.1) is 16.9 Å². The molecule has 0 aliphatic heterocycles. The Balaban J connectivity index is 1.49. The molecular formula is C19H12ClN3O3S2. The molecule has 4 aromatic heterocycles. The number of H-pyrrole nitrogens is 1. The van der Waals surface area contributed by atoms with Crippen LogP contribution in [0.1, 0.15) is 18.0 Å². The van der Waals surface area contributed by atoms with E-state index in [0.717, 1.165) is 5.56 Å². The molecule has 140 valence electrons. The van der Waals surface area contributed by atoms with Crippen LogP contribution in [-0.2, 0) is 0 Å². The van der Waals surface area contributed by atoms with E-state index in [2.05, 4.69) is 15.0 Å². The first kappa shape index (κ1) is 17.5. The fourth-order valence-electron chi connectivity index (χ4n) is 2.91. The van der Waals surface area contributed by atoms with Crippen molar-refractivity contribution in [1.82, 2.24) is 15.0 Å². The normalized spacial score (nSPS) is 12.8. The first-order chi connectivity index (χ1) is 13.6. The Morgan fingerprint density at radius 3 is 3.00 bits per heavy atom. The number of halogens is 1. The van der Waals surface area contributed by atoms with E-state index in [0.29, 0.717) is 43.1 Å². The minimum atomic E-state index is -0.190. The van der Waals surface area contributed by atoms with E-state index in [1.54, 1.807) is 30.5 Å². The zero-order valence-corrected chi connectivity index (χ0v) is 16.8. The summed E-state index contributed by atoms with van der Waals surface area (Å²) in [6.45, 7) is 1.94. The van der Waals surface area contributed by atoms with Crippen LogP contribution in [0.4, 0.5) is 0 Å². The summed E-state index contributed by atoms with van der Waals surface area (Å²) in [5.41, 5.74) is 1.92. The number of nitrogens with one attached hydrogen (secondary N) is 1. The Bertz CT molecular complexity index is 1350. The first-order valence-electron chi connectivity index (χ1n) is 8.36. The highest BCUT2D eigenvalue weighted by Gasteiger charge is 2.19. The highest BCUT2D eigenvalue weighted by Crippen LogP contribution is 2.36. The maximum atomic E-state index is 12.7. The van der Waals surface area contributed by atoms with Crippen LogP contribution in [0.3, 0.4) is 0 Å². The Hall–Kier alpha value is -2.55. The zero-order valence-electron chi connectivity index (χ0n) is 14.4. The van der Waals surface area contributed by atoms with E-state index in [1.165, 1.54) is 23.1 Å². The second kappa shape index (κ2) is 6.80. The molecule has 0 aliphatic carbocycles. The fraction of sp³-hybridized carbons (Fsp3) is 0.105. The maximum absolute atomic E-state index is 12.7. The highest BCUT2D eigenvalue weighted by atomic mass is 35.5. The van der Waals surface area contributed by atoms with Gasteiger partial charge in [0.15, 0.2) is 5.58 Å². The molecule has 1 N–H and O–H groups in total. The van der Waals surface area contributed by atoms with Crippen molar-refractivity contribution < 1.29 is 8.83 Å². The molecule has 4 heterocycles. The van der Waals surface area contributed by atoms with E-state index < -0.39 is 0 Å². The fourth-order valence-corrected chi connectivity index (χ4v) is 4.82. The van der Waals surface area contributed by atoms with Gasteiger partial charge in [-0.25, -0.2) is 9.97 Å². The van der Waals surface area contributed by atoms with Crippen molar-refractivity contribution in [2.45, 2.75) is 17.4 Å². The number of benzene rings is 1. The molecule has 5 rings (SSSR count). The van der Waals surface area contributed by atoms with E-state index in [-0.39, 0.29) is 10.8 Å². The molecule has 0 aliphatic rings. The number of hydrogen-bond donors (Lipinski definition) is 1. The molecule has 0 amide bonds. The monoisotopic (exact) mass is 429 g/mol. The lowest BCUT2D eigenvalue weighted by molar-refractivity contribution is 0.488. The third-order valence-electron chi connectivity index (χ3n) is 4.24. The maximum Gasteiger partial charge on any atom is 0.260 e. The van der Waals surface area contributed by atoms with E-state index >= 15 is 0 Å². The number of aromatic nitrogens is 3. The van der Waals surface area contributed by atoms with Gasteiger partial charge in [0.25, 0.3) is 10.8 Å². The predicted octanol–water partition coefficient (Wildman–Crippen LogP) is 5.89. The summed E-state index contributed by atoms with van der Waals surface area (Å²) in [4.78, 5) is 25.4. The zero-order chi connectivity index (χ0) is 19.3. The van der Waals surface area contributed by atoms with Crippen LogP contribution in [0, 0.1) is 0 Å². The Morgan fingerprint density at radius 2 is 2.18 bits per heavy atom. The van der Waals surface area contributed by atoms with Gasteiger partial charge in [0.1, 0.15) is 21.9 Å². The van der Waals surface area contributed by atoms with Gasteiger partial charge < -0.3 is 13.8 Å². The standard InChI is InChI=1S/C19H12ClN3O3S2/c1-9(28-19-21-12-7-10(20)4-5-14(12)26-19)16-22-17(24)15-11(8-27-18(15)23-16)13-3-2-6-25-13/h2-9H,1H3,(H,22,23,24). The van der Waals surface area contributed by atoms with Crippen LogP contribution < -0.4 is 5.56 Å². The number of aromatic amines is 1. The first-order valence-corrected chi connectivity index (χ1v) is 10.5. The molecular weight excluding hydrogens is 418 g/mol.